The molecule has 0 radical (unpaired) electrons. The predicted octanol–water partition coefficient (Wildman–Crippen LogP) is 3.79. The van der Waals surface area contributed by atoms with Crippen LogP contribution in [0, 0.1) is 18.6 Å². The molecule has 2 aromatic rings. The molecule has 0 aromatic heterocycles. The van der Waals surface area contributed by atoms with Crippen LogP contribution in [0.25, 0.3) is 0 Å². The van der Waals surface area contributed by atoms with E-state index in [1.165, 1.54) is 12.1 Å². The van der Waals surface area contributed by atoms with E-state index in [4.69, 9.17) is 4.74 Å². The van der Waals surface area contributed by atoms with Crippen LogP contribution in [0.5, 0.6) is 5.75 Å². The van der Waals surface area contributed by atoms with E-state index in [-0.39, 0.29) is 6.04 Å². The summed E-state index contributed by atoms with van der Waals surface area (Å²) in [6, 6.07) is 9.41. The highest BCUT2D eigenvalue weighted by Crippen LogP contribution is 2.28. The van der Waals surface area contributed by atoms with Gasteiger partial charge < -0.3 is 10.1 Å². The number of ether oxygens (including phenoxy) is 1. The molecule has 2 nitrogen and oxygen atoms in total. The van der Waals surface area contributed by atoms with Crippen molar-refractivity contribution in [2.75, 3.05) is 14.2 Å². The fraction of sp³-hybridized carbons (Fsp3) is 0.294. The first-order valence-electron chi connectivity index (χ1n) is 6.80. The third-order valence-corrected chi connectivity index (χ3v) is 3.47. The SMILES string of the molecule is CNC(Cc1cc(F)cc(F)c1)c1cc(C)ccc1OC. The van der Waals surface area contributed by atoms with Gasteiger partial charge in [-0.2, -0.15) is 0 Å². The standard InChI is InChI=1S/C17H19F2NO/c1-11-4-5-17(21-3)15(6-11)16(20-2)9-12-7-13(18)10-14(19)8-12/h4-8,10,16,20H,9H2,1-3H3. The van der Waals surface area contributed by atoms with E-state index in [1.54, 1.807) is 7.11 Å². The van der Waals surface area contributed by atoms with Gasteiger partial charge in [-0.15, -0.1) is 0 Å². The van der Waals surface area contributed by atoms with Crippen molar-refractivity contribution in [1.82, 2.24) is 5.32 Å². The first-order valence-corrected chi connectivity index (χ1v) is 6.80. The van der Waals surface area contributed by atoms with Gasteiger partial charge in [0.05, 0.1) is 7.11 Å². The Morgan fingerprint density at radius 3 is 2.33 bits per heavy atom. The minimum atomic E-state index is -0.559. The van der Waals surface area contributed by atoms with Gasteiger partial charge in [0, 0.05) is 17.7 Å². The molecule has 1 unspecified atom stereocenters. The van der Waals surface area contributed by atoms with Crippen molar-refractivity contribution in [2.45, 2.75) is 19.4 Å². The van der Waals surface area contributed by atoms with Crippen molar-refractivity contribution in [3.8, 4) is 5.75 Å². The van der Waals surface area contributed by atoms with Crippen molar-refractivity contribution in [2.24, 2.45) is 0 Å². The number of rotatable bonds is 5. The van der Waals surface area contributed by atoms with E-state index in [2.05, 4.69) is 5.32 Å². The largest absolute Gasteiger partial charge is 0.496 e. The van der Waals surface area contributed by atoms with Gasteiger partial charge in [-0.05, 0) is 44.2 Å². The Kier molecular flexibility index (Phi) is 4.91. The quantitative estimate of drug-likeness (QED) is 0.905. The van der Waals surface area contributed by atoms with Crippen molar-refractivity contribution in [3.05, 3.63) is 64.7 Å². The number of aryl methyl sites for hydroxylation is 1. The lowest BCUT2D eigenvalue weighted by molar-refractivity contribution is 0.401. The lowest BCUT2D eigenvalue weighted by atomic mass is 9.96. The van der Waals surface area contributed by atoms with Crippen molar-refractivity contribution in [1.29, 1.82) is 0 Å². The Bertz CT molecular complexity index is 608. The first kappa shape index (κ1) is 15.4. The van der Waals surface area contributed by atoms with Crippen LogP contribution in [0.15, 0.2) is 36.4 Å². The van der Waals surface area contributed by atoms with Crippen LogP contribution in [0.2, 0.25) is 0 Å². The molecule has 21 heavy (non-hydrogen) atoms. The molecule has 0 saturated carbocycles. The number of methoxy groups -OCH3 is 1. The number of nitrogens with one attached hydrogen (secondary N) is 1. The normalized spacial score (nSPS) is 12.2. The van der Waals surface area contributed by atoms with Gasteiger partial charge in [0.15, 0.2) is 0 Å². The summed E-state index contributed by atoms with van der Waals surface area (Å²) in [6.07, 6.45) is 0.477. The van der Waals surface area contributed by atoms with E-state index in [1.807, 2.05) is 32.2 Å². The zero-order valence-electron chi connectivity index (χ0n) is 12.4. The second kappa shape index (κ2) is 6.68. The highest BCUT2D eigenvalue weighted by Gasteiger charge is 2.16. The summed E-state index contributed by atoms with van der Waals surface area (Å²) in [4.78, 5) is 0. The minimum Gasteiger partial charge on any atom is -0.496 e. The van der Waals surface area contributed by atoms with Crippen molar-refractivity contribution in [3.63, 3.8) is 0 Å². The van der Waals surface area contributed by atoms with Gasteiger partial charge in [-0.25, -0.2) is 8.78 Å². The monoisotopic (exact) mass is 291 g/mol. The third kappa shape index (κ3) is 3.79. The van der Waals surface area contributed by atoms with Crippen LogP contribution in [0.4, 0.5) is 8.78 Å². The van der Waals surface area contributed by atoms with Crippen LogP contribution in [0.1, 0.15) is 22.7 Å². The Labute approximate surface area is 123 Å². The molecule has 0 bridgehead atoms. The molecule has 0 aliphatic carbocycles. The smallest absolute Gasteiger partial charge is 0.126 e. The highest BCUT2D eigenvalue weighted by molar-refractivity contribution is 5.40. The molecular formula is C17H19F2NO. The molecule has 4 heteroatoms. The number of hydrogen-bond donors (Lipinski definition) is 1. The molecule has 0 aliphatic heterocycles. The van der Waals surface area contributed by atoms with E-state index < -0.39 is 11.6 Å². The van der Waals surface area contributed by atoms with E-state index in [0.29, 0.717) is 12.0 Å². The maximum Gasteiger partial charge on any atom is 0.126 e. The molecular weight excluding hydrogens is 272 g/mol. The van der Waals surface area contributed by atoms with Gasteiger partial charge in [0.25, 0.3) is 0 Å². The summed E-state index contributed by atoms with van der Waals surface area (Å²) < 4.78 is 32.0. The van der Waals surface area contributed by atoms with Crippen LogP contribution < -0.4 is 10.1 Å². The fourth-order valence-electron chi connectivity index (χ4n) is 2.46. The summed E-state index contributed by atoms with van der Waals surface area (Å²) in [7, 11) is 3.44. The summed E-state index contributed by atoms with van der Waals surface area (Å²) in [6.45, 7) is 2.00. The van der Waals surface area contributed by atoms with E-state index in [0.717, 1.165) is 22.9 Å². The molecule has 2 aromatic carbocycles. The summed E-state index contributed by atoms with van der Waals surface area (Å²) in [5.41, 5.74) is 2.69. The molecule has 0 amide bonds. The number of benzene rings is 2. The molecule has 0 aliphatic rings. The summed E-state index contributed by atoms with van der Waals surface area (Å²) in [5.74, 6) is -0.357. The zero-order chi connectivity index (χ0) is 15.4. The van der Waals surface area contributed by atoms with Crippen molar-refractivity contribution < 1.29 is 13.5 Å². The average molecular weight is 291 g/mol. The Morgan fingerprint density at radius 2 is 1.76 bits per heavy atom. The molecule has 0 heterocycles. The molecule has 0 saturated heterocycles. The van der Waals surface area contributed by atoms with E-state index >= 15 is 0 Å². The molecule has 0 spiro atoms. The Morgan fingerprint density at radius 1 is 1.10 bits per heavy atom. The number of hydrogen-bond acceptors (Lipinski definition) is 2. The Balaban J connectivity index is 2.33. The Hall–Kier alpha value is -1.94. The highest BCUT2D eigenvalue weighted by atomic mass is 19.1. The first-order chi connectivity index (χ1) is 10.0. The van der Waals surface area contributed by atoms with Crippen molar-refractivity contribution >= 4 is 0 Å². The predicted molar refractivity (Wildman–Crippen MR) is 79.6 cm³/mol. The molecule has 1 N–H and O–H groups in total. The average Bonchev–Trinajstić information content (AvgIpc) is 2.43. The molecule has 112 valence electrons. The lowest BCUT2D eigenvalue weighted by Crippen LogP contribution is -2.20. The van der Waals surface area contributed by atoms with E-state index in [9.17, 15) is 8.78 Å². The van der Waals surface area contributed by atoms with Gasteiger partial charge >= 0.3 is 0 Å². The van der Waals surface area contributed by atoms with Crippen LogP contribution in [0.3, 0.4) is 0 Å². The molecule has 2 rings (SSSR count). The minimum absolute atomic E-state index is 0.0824. The maximum atomic E-state index is 13.3. The molecule has 1 atom stereocenters. The number of halogens is 2. The molecule has 0 fully saturated rings. The summed E-state index contributed by atoms with van der Waals surface area (Å²) in [5, 5.41) is 3.18. The second-order valence-electron chi connectivity index (χ2n) is 5.07. The van der Waals surface area contributed by atoms with Gasteiger partial charge in [0.2, 0.25) is 0 Å². The van der Waals surface area contributed by atoms with Crippen LogP contribution in [-0.4, -0.2) is 14.2 Å². The number of likely N-dealkylation sites (N-methyl/N-ethyl adjacent to an activating group) is 1. The lowest BCUT2D eigenvalue weighted by Gasteiger charge is -2.20. The van der Waals surface area contributed by atoms with Crippen LogP contribution in [-0.2, 0) is 6.42 Å². The maximum absolute atomic E-state index is 13.3. The second-order valence-corrected chi connectivity index (χ2v) is 5.07. The zero-order valence-corrected chi connectivity index (χ0v) is 12.4. The third-order valence-electron chi connectivity index (χ3n) is 3.47. The summed E-state index contributed by atoms with van der Waals surface area (Å²) >= 11 is 0. The van der Waals surface area contributed by atoms with Crippen LogP contribution >= 0.6 is 0 Å². The van der Waals surface area contributed by atoms with Gasteiger partial charge in [-0.1, -0.05) is 17.7 Å². The van der Waals surface area contributed by atoms with Gasteiger partial charge in [-0.3, -0.25) is 0 Å². The fourth-order valence-corrected chi connectivity index (χ4v) is 2.46. The van der Waals surface area contributed by atoms with Gasteiger partial charge in [0.1, 0.15) is 17.4 Å². The topological polar surface area (TPSA) is 21.3 Å².